The normalized spacial score (nSPS) is 32.9. The molecule has 0 radical (unpaired) electrons. The Labute approximate surface area is 99.8 Å². The first kappa shape index (κ1) is 9.95. The second kappa shape index (κ2) is 3.38. The molecule has 1 aliphatic heterocycles. The van der Waals surface area contributed by atoms with E-state index in [1.807, 2.05) is 6.07 Å². The zero-order valence-electron chi connectivity index (χ0n) is 8.56. The summed E-state index contributed by atoms with van der Waals surface area (Å²) in [6, 6.07) is 4.08. The minimum absolute atomic E-state index is 0.534. The van der Waals surface area contributed by atoms with Crippen LogP contribution in [0.3, 0.4) is 0 Å². The van der Waals surface area contributed by atoms with Crippen molar-refractivity contribution in [2.75, 3.05) is 13.1 Å². The van der Waals surface area contributed by atoms with Crippen molar-refractivity contribution in [3.63, 3.8) is 0 Å². The molecule has 3 rings (SSSR count). The third-order valence-corrected chi connectivity index (χ3v) is 4.74. The smallest absolute Gasteiger partial charge is 0.0629 e. The molecule has 0 spiro atoms. The van der Waals surface area contributed by atoms with Crippen molar-refractivity contribution >= 4 is 23.2 Å². The van der Waals surface area contributed by atoms with E-state index in [4.69, 9.17) is 23.2 Å². The van der Waals surface area contributed by atoms with E-state index in [9.17, 15) is 0 Å². The first-order valence-corrected chi connectivity index (χ1v) is 6.14. The van der Waals surface area contributed by atoms with Gasteiger partial charge in [0.1, 0.15) is 0 Å². The highest BCUT2D eigenvalue weighted by Gasteiger charge is 2.42. The lowest BCUT2D eigenvalue weighted by atomic mass is 9.91. The van der Waals surface area contributed by atoms with Gasteiger partial charge in [-0.25, -0.2) is 0 Å². The van der Waals surface area contributed by atoms with E-state index in [1.54, 1.807) is 0 Å². The number of benzene rings is 1. The van der Waals surface area contributed by atoms with Gasteiger partial charge in [-0.3, -0.25) is 0 Å². The molecule has 0 amide bonds. The number of fused-ring (bicyclic) bond motifs is 3. The third-order valence-electron chi connectivity index (χ3n) is 3.92. The van der Waals surface area contributed by atoms with Crippen LogP contribution in [0.4, 0.5) is 0 Å². The molecule has 1 aromatic rings. The zero-order chi connectivity index (χ0) is 10.6. The summed E-state index contributed by atoms with van der Waals surface area (Å²) in [5.41, 5.74) is 2.70. The SMILES string of the molecule is CC1c2c(ccc(Cl)c2Cl)C2CNCC12. The standard InChI is InChI=1S/C12H13Cl2N/c1-6-8-4-15-5-9(8)7-2-3-10(13)12(14)11(6)7/h2-3,6,8-9,15H,4-5H2,1H3. The molecule has 1 aromatic carbocycles. The van der Waals surface area contributed by atoms with E-state index in [2.05, 4.69) is 18.3 Å². The van der Waals surface area contributed by atoms with Crippen molar-refractivity contribution < 1.29 is 0 Å². The molecule has 1 aliphatic carbocycles. The fraction of sp³-hybridized carbons (Fsp3) is 0.500. The van der Waals surface area contributed by atoms with E-state index in [-0.39, 0.29) is 0 Å². The van der Waals surface area contributed by atoms with Crippen LogP contribution in [-0.2, 0) is 0 Å². The van der Waals surface area contributed by atoms with Crippen LogP contribution in [0.25, 0.3) is 0 Å². The van der Waals surface area contributed by atoms with Gasteiger partial charge < -0.3 is 5.32 Å². The Kier molecular flexibility index (Phi) is 2.24. The lowest BCUT2D eigenvalue weighted by Crippen LogP contribution is -2.13. The van der Waals surface area contributed by atoms with Crippen molar-refractivity contribution in [3.8, 4) is 0 Å². The minimum Gasteiger partial charge on any atom is -0.316 e. The Bertz CT molecular complexity index is 416. The van der Waals surface area contributed by atoms with Crippen molar-refractivity contribution in [1.29, 1.82) is 0 Å². The van der Waals surface area contributed by atoms with Crippen LogP contribution in [0.1, 0.15) is 29.9 Å². The summed E-state index contributed by atoms with van der Waals surface area (Å²) in [7, 11) is 0. The highest BCUT2D eigenvalue weighted by molar-refractivity contribution is 6.42. The lowest BCUT2D eigenvalue weighted by molar-refractivity contribution is 0.487. The first-order valence-electron chi connectivity index (χ1n) is 5.38. The Morgan fingerprint density at radius 2 is 2.07 bits per heavy atom. The van der Waals surface area contributed by atoms with Gasteiger partial charge in [-0.05, 0) is 35.6 Å². The van der Waals surface area contributed by atoms with E-state index < -0.39 is 0 Å². The van der Waals surface area contributed by atoms with Gasteiger partial charge in [0.25, 0.3) is 0 Å². The van der Waals surface area contributed by atoms with Gasteiger partial charge >= 0.3 is 0 Å². The number of rotatable bonds is 0. The first-order chi connectivity index (χ1) is 7.20. The summed E-state index contributed by atoms with van der Waals surface area (Å²) in [6.07, 6.45) is 0. The molecule has 3 atom stereocenters. The Morgan fingerprint density at radius 3 is 2.87 bits per heavy atom. The maximum atomic E-state index is 6.29. The lowest BCUT2D eigenvalue weighted by Gasteiger charge is -2.13. The average molecular weight is 242 g/mol. The van der Waals surface area contributed by atoms with Crippen LogP contribution in [0, 0.1) is 5.92 Å². The summed E-state index contributed by atoms with van der Waals surface area (Å²) >= 11 is 12.4. The molecule has 80 valence electrons. The maximum Gasteiger partial charge on any atom is 0.0629 e. The second-order valence-corrected chi connectivity index (χ2v) is 5.37. The predicted molar refractivity (Wildman–Crippen MR) is 64.0 cm³/mol. The van der Waals surface area contributed by atoms with E-state index in [1.165, 1.54) is 11.1 Å². The molecule has 0 bridgehead atoms. The van der Waals surface area contributed by atoms with Gasteiger partial charge in [0.2, 0.25) is 0 Å². The molecule has 1 fully saturated rings. The molecule has 3 heteroatoms. The van der Waals surface area contributed by atoms with E-state index in [0.29, 0.717) is 22.8 Å². The van der Waals surface area contributed by atoms with Crippen LogP contribution in [0.15, 0.2) is 12.1 Å². The highest BCUT2D eigenvalue weighted by atomic mass is 35.5. The fourth-order valence-corrected chi connectivity index (χ4v) is 3.66. The number of nitrogens with one attached hydrogen (secondary N) is 1. The van der Waals surface area contributed by atoms with Crippen LogP contribution in [-0.4, -0.2) is 13.1 Å². The molecular formula is C12H13Cl2N. The van der Waals surface area contributed by atoms with Crippen molar-refractivity contribution in [3.05, 3.63) is 33.3 Å². The Morgan fingerprint density at radius 1 is 1.27 bits per heavy atom. The predicted octanol–water partition coefficient (Wildman–Crippen LogP) is 3.41. The molecule has 2 aliphatic rings. The molecule has 1 N–H and O–H groups in total. The van der Waals surface area contributed by atoms with E-state index >= 15 is 0 Å². The Balaban J connectivity index is 2.19. The van der Waals surface area contributed by atoms with Gasteiger partial charge in [0.05, 0.1) is 10.0 Å². The number of halogens is 2. The largest absolute Gasteiger partial charge is 0.316 e. The number of hydrogen-bond acceptors (Lipinski definition) is 1. The summed E-state index contributed by atoms with van der Waals surface area (Å²) in [5.74, 6) is 1.88. The summed E-state index contributed by atoms with van der Waals surface area (Å²) in [4.78, 5) is 0. The van der Waals surface area contributed by atoms with Gasteiger partial charge in [0, 0.05) is 12.5 Å². The molecule has 15 heavy (non-hydrogen) atoms. The maximum absolute atomic E-state index is 6.29. The summed E-state index contributed by atoms with van der Waals surface area (Å²) < 4.78 is 0. The summed E-state index contributed by atoms with van der Waals surface area (Å²) in [5, 5.41) is 4.92. The van der Waals surface area contributed by atoms with Gasteiger partial charge in [-0.1, -0.05) is 36.2 Å². The van der Waals surface area contributed by atoms with E-state index in [0.717, 1.165) is 18.1 Å². The Hall–Kier alpha value is -0.240. The third kappa shape index (κ3) is 1.27. The molecular weight excluding hydrogens is 229 g/mol. The molecule has 1 saturated heterocycles. The van der Waals surface area contributed by atoms with Crippen LogP contribution in [0.5, 0.6) is 0 Å². The average Bonchev–Trinajstić information content (AvgIpc) is 2.76. The highest BCUT2D eigenvalue weighted by Crippen LogP contribution is 2.51. The van der Waals surface area contributed by atoms with Crippen LogP contribution in [0.2, 0.25) is 10.0 Å². The van der Waals surface area contributed by atoms with Crippen LogP contribution >= 0.6 is 23.2 Å². The second-order valence-electron chi connectivity index (χ2n) is 4.58. The zero-order valence-corrected chi connectivity index (χ0v) is 10.1. The fourth-order valence-electron chi connectivity index (χ4n) is 3.15. The minimum atomic E-state index is 0.534. The molecule has 1 nitrogen and oxygen atoms in total. The van der Waals surface area contributed by atoms with Gasteiger partial charge in [-0.2, -0.15) is 0 Å². The monoisotopic (exact) mass is 241 g/mol. The molecule has 0 saturated carbocycles. The van der Waals surface area contributed by atoms with Crippen molar-refractivity contribution in [2.45, 2.75) is 18.8 Å². The van der Waals surface area contributed by atoms with Crippen LogP contribution < -0.4 is 5.32 Å². The number of hydrogen-bond donors (Lipinski definition) is 1. The molecule has 1 heterocycles. The van der Waals surface area contributed by atoms with Crippen molar-refractivity contribution in [1.82, 2.24) is 5.32 Å². The van der Waals surface area contributed by atoms with Crippen molar-refractivity contribution in [2.24, 2.45) is 5.92 Å². The summed E-state index contributed by atoms with van der Waals surface area (Å²) in [6.45, 7) is 4.45. The molecule has 0 aromatic heterocycles. The quantitative estimate of drug-likeness (QED) is 0.735. The molecule has 3 unspecified atom stereocenters. The topological polar surface area (TPSA) is 12.0 Å². The van der Waals surface area contributed by atoms with Gasteiger partial charge in [0.15, 0.2) is 0 Å². The van der Waals surface area contributed by atoms with Gasteiger partial charge in [-0.15, -0.1) is 0 Å².